The lowest BCUT2D eigenvalue weighted by molar-refractivity contribution is -0.204. The second kappa shape index (κ2) is 15.4. The van der Waals surface area contributed by atoms with E-state index in [1.807, 2.05) is 0 Å². The maximum absolute atomic E-state index is 15.2. The van der Waals surface area contributed by atoms with Gasteiger partial charge >= 0.3 is 47.5 Å². The van der Waals surface area contributed by atoms with Crippen molar-refractivity contribution in [2.24, 2.45) is 0 Å². The molecule has 0 saturated carbocycles. The average molecular weight is 725 g/mol. The Labute approximate surface area is 281 Å². The van der Waals surface area contributed by atoms with Gasteiger partial charge in [0, 0.05) is 0 Å². The van der Waals surface area contributed by atoms with Crippen LogP contribution in [0.4, 0.5) is 27.6 Å². The highest BCUT2D eigenvalue weighted by Gasteiger charge is 2.67. The molecule has 48 heavy (non-hydrogen) atoms. The van der Waals surface area contributed by atoms with E-state index < -0.39 is 93.1 Å². The van der Waals surface area contributed by atoms with Crippen LogP contribution in [-0.4, -0.2) is 72.0 Å². The molecule has 0 aliphatic rings. The lowest BCUT2D eigenvalue weighted by Gasteiger charge is -2.24. The summed E-state index contributed by atoms with van der Waals surface area (Å²) in [5, 5.41) is 1.57. The zero-order valence-corrected chi connectivity index (χ0v) is 29.4. The summed E-state index contributed by atoms with van der Waals surface area (Å²) in [5.74, 6) is -21.3. The lowest BCUT2D eigenvalue weighted by Crippen LogP contribution is -2.56. The number of carbonyl (C=O) groups excluding carboxylic acids is 6. The van der Waals surface area contributed by atoms with Crippen LogP contribution in [0.5, 0.6) is 0 Å². The number of alkyl halides is 4. The van der Waals surface area contributed by atoms with Crippen LogP contribution in [0.25, 0.3) is 0 Å². The van der Waals surface area contributed by atoms with Crippen LogP contribution < -0.4 is 10.6 Å². The van der Waals surface area contributed by atoms with Crippen LogP contribution in [0.3, 0.4) is 0 Å². The van der Waals surface area contributed by atoms with Gasteiger partial charge in [-0.25, -0.2) is 19.2 Å². The highest BCUT2D eigenvalue weighted by atomic mass is 32.1. The molecular formula is C30H36F4N2O10S2. The van der Waals surface area contributed by atoms with Crippen LogP contribution in [0.15, 0.2) is 0 Å². The van der Waals surface area contributed by atoms with Gasteiger partial charge in [0.05, 0.1) is 35.5 Å². The maximum Gasteiger partial charge on any atom is 0.396 e. The summed E-state index contributed by atoms with van der Waals surface area (Å²) in [6, 6.07) is 0. The van der Waals surface area contributed by atoms with Crippen LogP contribution in [0.1, 0.15) is 107 Å². The molecule has 0 radical (unpaired) electrons. The summed E-state index contributed by atoms with van der Waals surface area (Å²) < 4.78 is 81.1. The van der Waals surface area contributed by atoms with Crippen molar-refractivity contribution in [2.45, 2.75) is 105 Å². The summed E-state index contributed by atoms with van der Waals surface area (Å²) in [6.45, 7) is 14.3. The molecule has 2 aromatic rings. The molecule has 18 heteroatoms. The average Bonchev–Trinajstić information content (AvgIpc) is 3.42. The number of rotatable bonds is 13. The van der Waals surface area contributed by atoms with E-state index in [0.29, 0.717) is 22.7 Å². The third kappa shape index (κ3) is 8.89. The van der Waals surface area contributed by atoms with Gasteiger partial charge in [0.15, 0.2) is 0 Å². The quantitative estimate of drug-likeness (QED) is 0.132. The number of hydrogen-bond donors (Lipinski definition) is 2. The Balaban J connectivity index is 2.53. The Bertz CT molecular complexity index is 1480. The Kier molecular flexibility index (Phi) is 12.9. The minimum absolute atomic E-state index is 0.139. The lowest BCUT2D eigenvalue weighted by atomic mass is 10.1. The second-order valence-electron chi connectivity index (χ2n) is 11.4. The third-order valence-electron chi connectivity index (χ3n) is 5.86. The van der Waals surface area contributed by atoms with Crippen molar-refractivity contribution in [2.75, 3.05) is 10.6 Å². The first kappa shape index (κ1) is 40.1. The highest BCUT2D eigenvalue weighted by molar-refractivity contribution is 7.19. The first-order chi connectivity index (χ1) is 21.9. The standard InChI is InChI=1S/C30H36F4N2O10S2/c1-11(2)43-23(37)17-15(9)19(25(39)45-13(5)6)47-21(17)35-27(41)29(31,32)30(33,34)28(42)36-22-18(24(38)44-12(3)4)16(10)20(48-22)26(40)46-14(7)8/h11-14H,1-10H3,(H,35,41)(H,36,42). The minimum Gasteiger partial charge on any atom is -0.459 e. The van der Waals surface area contributed by atoms with Crippen LogP contribution in [0.2, 0.25) is 0 Å². The van der Waals surface area contributed by atoms with E-state index >= 15 is 17.6 Å². The zero-order valence-electron chi connectivity index (χ0n) is 27.7. The molecule has 0 bridgehead atoms. The summed E-state index contributed by atoms with van der Waals surface area (Å²) in [4.78, 5) is 75.6. The molecule has 12 nitrogen and oxygen atoms in total. The zero-order chi connectivity index (χ0) is 37.0. The molecule has 2 rings (SSSR count). The van der Waals surface area contributed by atoms with Crippen LogP contribution in [-0.2, 0) is 28.5 Å². The first-order valence-corrected chi connectivity index (χ1v) is 16.1. The molecule has 0 saturated heterocycles. The number of ether oxygens (including phenoxy) is 4. The summed E-state index contributed by atoms with van der Waals surface area (Å²) in [6.07, 6.45) is -2.75. The van der Waals surface area contributed by atoms with E-state index in [0.717, 1.165) is 0 Å². The van der Waals surface area contributed by atoms with Crippen LogP contribution in [0, 0.1) is 13.8 Å². The normalized spacial score (nSPS) is 12.0. The van der Waals surface area contributed by atoms with Crippen molar-refractivity contribution in [3.05, 3.63) is 32.0 Å². The number of anilines is 2. The van der Waals surface area contributed by atoms with E-state index in [4.69, 9.17) is 18.9 Å². The number of nitrogens with one attached hydrogen (secondary N) is 2. The molecule has 2 amide bonds. The molecule has 0 unspecified atom stereocenters. The van der Waals surface area contributed by atoms with E-state index in [9.17, 15) is 28.8 Å². The van der Waals surface area contributed by atoms with Gasteiger partial charge in [-0.3, -0.25) is 9.59 Å². The molecule has 266 valence electrons. The predicted octanol–water partition coefficient (Wildman–Crippen LogP) is 6.54. The van der Waals surface area contributed by atoms with Crippen molar-refractivity contribution in [1.29, 1.82) is 0 Å². The number of thiophene rings is 2. The molecule has 0 spiro atoms. The number of amides is 2. The Morgan fingerprint density at radius 2 is 0.771 bits per heavy atom. The van der Waals surface area contributed by atoms with Gasteiger partial charge in [0.2, 0.25) is 0 Å². The van der Waals surface area contributed by atoms with E-state index in [2.05, 4.69) is 0 Å². The van der Waals surface area contributed by atoms with Crippen LogP contribution >= 0.6 is 22.7 Å². The molecular weight excluding hydrogens is 688 g/mol. The molecule has 0 aliphatic heterocycles. The van der Waals surface area contributed by atoms with Crippen molar-refractivity contribution in [3.63, 3.8) is 0 Å². The van der Waals surface area contributed by atoms with Gasteiger partial charge in [0.1, 0.15) is 19.8 Å². The molecule has 0 aromatic carbocycles. The van der Waals surface area contributed by atoms with Gasteiger partial charge in [-0.15, -0.1) is 22.7 Å². The smallest absolute Gasteiger partial charge is 0.396 e. The molecule has 2 heterocycles. The fraction of sp³-hybridized carbons (Fsp3) is 0.533. The maximum atomic E-state index is 15.2. The first-order valence-electron chi connectivity index (χ1n) is 14.4. The SMILES string of the molecule is Cc1c(C(=O)OC(C)C)sc(NC(=O)C(F)(F)C(F)(F)C(=O)Nc2sc(C(=O)OC(C)C)c(C)c2C(=O)OC(C)C)c1C(=O)OC(C)C. The number of esters is 4. The van der Waals surface area contributed by atoms with Crippen molar-refractivity contribution in [3.8, 4) is 0 Å². The molecule has 0 fully saturated rings. The highest BCUT2D eigenvalue weighted by Crippen LogP contribution is 2.41. The van der Waals surface area contributed by atoms with E-state index in [-0.39, 0.29) is 20.9 Å². The molecule has 2 N–H and O–H groups in total. The second-order valence-corrected chi connectivity index (χ2v) is 13.4. The van der Waals surface area contributed by atoms with Gasteiger partial charge in [-0.05, 0) is 80.4 Å². The van der Waals surface area contributed by atoms with Gasteiger partial charge in [-0.2, -0.15) is 17.6 Å². The van der Waals surface area contributed by atoms with Gasteiger partial charge in [0.25, 0.3) is 0 Å². The van der Waals surface area contributed by atoms with E-state index in [1.165, 1.54) is 79.9 Å². The predicted molar refractivity (Wildman–Crippen MR) is 167 cm³/mol. The minimum atomic E-state index is -5.78. The summed E-state index contributed by atoms with van der Waals surface area (Å²) >= 11 is 0.598. The Hall–Kier alpha value is -4.06. The molecule has 0 atom stereocenters. The number of carbonyl (C=O) groups is 6. The largest absolute Gasteiger partial charge is 0.459 e. The fourth-order valence-corrected chi connectivity index (χ4v) is 5.96. The Morgan fingerprint density at radius 3 is 1.02 bits per heavy atom. The Morgan fingerprint density at radius 1 is 0.521 bits per heavy atom. The van der Waals surface area contributed by atoms with Crippen molar-refractivity contribution in [1.82, 2.24) is 0 Å². The molecule has 2 aromatic heterocycles. The summed E-state index contributed by atoms with van der Waals surface area (Å²) in [7, 11) is 0. The molecule has 0 aliphatic carbocycles. The van der Waals surface area contributed by atoms with Gasteiger partial charge < -0.3 is 29.6 Å². The van der Waals surface area contributed by atoms with E-state index in [1.54, 1.807) is 0 Å². The van der Waals surface area contributed by atoms with Crippen molar-refractivity contribution < 1.29 is 65.3 Å². The van der Waals surface area contributed by atoms with Crippen molar-refractivity contribution >= 4 is 68.4 Å². The fourth-order valence-electron chi connectivity index (χ4n) is 3.81. The summed E-state index contributed by atoms with van der Waals surface area (Å²) in [5.41, 5.74) is -1.41. The third-order valence-corrected chi connectivity index (χ3v) is 8.24. The monoisotopic (exact) mass is 724 g/mol. The van der Waals surface area contributed by atoms with Gasteiger partial charge in [-0.1, -0.05) is 0 Å². The number of hydrogen-bond acceptors (Lipinski definition) is 12. The topological polar surface area (TPSA) is 163 Å². The number of halogens is 4.